The largest absolute Gasteiger partial charge is 0.459 e. The van der Waals surface area contributed by atoms with Crippen molar-refractivity contribution in [2.45, 2.75) is 38.1 Å². The normalized spacial score (nSPS) is 28.9. The van der Waals surface area contributed by atoms with Crippen LogP contribution in [-0.2, 0) is 0 Å². The summed E-state index contributed by atoms with van der Waals surface area (Å²) in [4.78, 5) is 12.0. The fraction of sp³-hybridized carbons (Fsp3) is 0.615. The van der Waals surface area contributed by atoms with Crippen LogP contribution in [0.2, 0.25) is 0 Å². The number of rotatable bonds is 3. The lowest BCUT2D eigenvalue weighted by Gasteiger charge is -2.38. The Morgan fingerprint density at radius 2 is 2.29 bits per heavy atom. The lowest BCUT2D eigenvalue weighted by Crippen LogP contribution is -2.52. The van der Waals surface area contributed by atoms with Gasteiger partial charge in [-0.2, -0.15) is 0 Å². The van der Waals surface area contributed by atoms with Crippen molar-refractivity contribution in [2.24, 2.45) is 5.92 Å². The maximum Gasteiger partial charge on any atom is 0.287 e. The summed E-state index contributed by atoms with van der Waals surface area (Å²) in [7, 11) is 0. The topological polar surface area (TPSA) is 42.2 Å². The fourth-order valence-corrected chi connectivity index (χ4v) is 2.65. The molecule has 17 heavy (non-hydrogen) atoms. The summed E-state index contributed by atoms with van der Waals surface area (Å²) in [5, 5.41) is 3.04. The molecule has 1 fully saturated rings. The Balaban J connectivity index is 2.02. The van der Waals surface area contributed by atoms with Crippen LogP contribution >= 0.6 is 11.6 Å². The third-order valence-electron chi connectivity index (χ3n) is 3.61. The van der Waals surface area contributed by atoms with E-state index >= 15 is 0 Å². The molecule has 0 spiro atoms. The van der Waals surface area contributed by atoms with E-state index in [9.17, 15) is 4.79 Å². The summed E-state index contributed by atoms with van der Waals surface area (Å²) >= 11 is 6.04. The summed E-state index contributed by atoms with van der Waals surface area (Å²) in [6.45, 7) is 2.24. The zero-order valence-corrected chi connectivity index (χ0v) is 10.8. The molecule has 0 bridgehead atoms. The van der Waals surface area contributed by atoms with Crippen molar-refractivity contribution in [3.8, 4) is 0 Å². The van der Waals surface area contributed by atoms with Gasteiger partial charge in [-0.1, -0.05) is 6.92 Å². The molecule has 1 aliphatic carbocycles. The van der Waals surface area contributed by atoms with Crippen molar-refractivity contribution in [1.82, 2.24) is 5.32 Å². The number of amides is 1. The van der Waals surface area contributed by atoms with Crippen molar-refractivity contribution in [1.29, 1.82) is 0 Å². The van der Waals surface area contributed by atoms with Gasteiger partial charge in [-0.25, -0.2) is 0 Å². The molecule has 2 rings (SSSR count). The van der Waals surface area contributed by atoms with Crippen LogP contribution in [0.25, 0.3) is 0 Å². The van der Waals surface area contributed by atoms with E-state index in [1.165, 1.54) is 6.26 Å². The van der Waals surface area contributed by atoms with E-state index in [1.54, 1.807) is 12.1 Å². The minimum Gasteiger partial charge on any atom is -0.459 e. The van der Waals surface area contributed by atoms with Gasteiger partial charge >= 0.3 is 0 Å². The van der Waals surface area contributed by atoms with Crippen molar-refractivity contribution in [3.63, 3.8) is 0 Å². The average molecular weight is 256 g/mol. The fourth-order valence-electron chi connectivity index (χ4n) is 2.32. The van der Waals surface area contributed by atoms with Gasteiger partial charge in [0, 0.05) is 5.88 Å². The van der Waals surface area contributed by atoms with E-state index in [2.05, 4.69) is 12.2 Å². The highest BCUT2D eigenvalue weighted by Gasteiger charge is 2.35. The molecule has 1 heterocycles. The van der Waals surface area contributed by atoms with Gasteiger partial charge in [-0.05, 0) is 43.7 Å². The van der Waals surface area contributed by atoms with Gasteiger partial charge in [0.1, 0.15) is 0 Å². The minimum absolute atomic E-state index is 0.162. The van der Waals surface area contributed by atoms with Gasteiger partial charge in [0.25, 0.3) is 5.91 Å². The first kappa shape index (κ1) is 12.5. The molecule has 1 aromatic heterocycles. The zero-order chi connectivity index (χ0) is 12.3. The number of halogens is 1. The zero-order valence-electron chi connectivity index (χ0n) is 10.0. The predicted octanol–water partition coefficient (Wildman–Crippen LogP) is 3.20. The predicted molar refractivity (Wildman–Crippen MR) is 67.3 cm³/mol. The molecule has 94 valence electrons. The quantitative estimate of drug-likeness (QED) is 0.843. The maximum atomic E-state index is 12.0. The van der Waals surface area contributed by atoms with Crippen LogP contribution in [0.4, 0.5) is 0 Å². The highest BCUT2D eigenvalue weighted by Crippen LogP contribution is 2.33. The molecule has 0 atom stereocenters. The third kappa shape index (κ3) is 2.83. The smallest absolute Gasteiger partial charge is 0.287 e. The standard InChI is InChI=1S/C13H18ClNO2/c1-10-4-6-13(9-14,7-5-10)15-12(16)11-3-2-8-17-11/h2-3,8,10H,4-7,9H2,1H3,(H,15,16). The van der Waals surface area contributed by atoms with E-state index in [0.717, 1.165) is 31.6 Å². The summed E-state index contributed by atoms with van der Waals surface area (Å²) in [5.41, 5.74) is -0.252. The minimum atomic E-state index is -0.252. The highest BCUT2D eigenvalue weighted by atomic mass is 35.5. The molecule has 1 aromatic rings. The molecule has 1 N–H and O–H groups in total. The monoisotopic (exact) mass is 255 g/mol. The second-order valence-corrected chi connectivity index (χ2v) is 5.30. The van der Waals surface area contributed by atoms with Crippen LogP contribution in [0, 0.1) is 5.92 Å². The van der Waals surface area contributed by atoms with Crippen molar-refractivity contribution >= 4 is 17.5 Å². The number of hydrogen-bond acceptors (Lipinski definition) is 2. The first-order valence-electron chi connectivity index (χ1n) is 6.07. The van der Waals surface area contributed by atoms with Crippen LogP contribution in [0.5, 0.6) is 0 Å². The van der Waals surface area contributed by atoms with E-state index in [1.807, 2.05) is 0 Å². The highest BCUT2D eigenvalue weighted by molar-refractivity contribution is 6.18. The number of carbonyl (C=O) groups excluding carboxylic acids is 1. The molecule has 1 aliphatic rings. The molecule has 1 saturated carbocycles. The average Bonchev–Trinajstić information content (AvgIpc) is 2.86. The lowest BCUT2D eigenvalue weighted by atomic mass is 9.78. The molecular weight excluding hydrogens is 238 g/mol. The van der Waals surface area contributed by atoms with Gasteiger partial charge in [-0.15, -0.1) is 11.6 Å². The Morgan fingerprint density at radius 3 is 2.82 bits per heavy atom. The summed E-state index contributed by atoms with van der Waals surface area (Å²) in [6, 6.07) is 3.38. The Hall–Kier alpha value is -0.960. The van der Waals surface area contributed by atoms with E-state index < -0.39 is 0 Å². The Bertz CT molecular complexity index is 367. The van der Waals surface area contributed by atoms with Gasteiger partial charge in [0.2, 0.25) is 0 Å². The summed E-state index contributed by atoms with van der Waals surface area (Å²) in [5.74, 6) is 1.39. The van der Waals surface area contributed by atoms with E-state index in [0.29, 0.717) is 11.6 Å². The van der Waals surface area contributed by atoms with Gasteiger partial charge in [0.05, 0.1) is 11.8 Å². The lowest BCUT2D eigenvalue weighted by molar-refractivity contribution is 0.0844. The number of nitrogens with one attached hydrogen (secondary N) is 1. The second kappa shape index (κ2) is 5.13. The summed E-state index contributed by atoms with van der Waals surface area (Å²) in [6.07, 6.45) is 5.63. The Morgan fingerprint density at radius 1 is 1.59 bits per heavy atom. The van der Waals surface area contributed by atoms with Crippen LogP contribution < -0.4 is 5.32 Å². The summed E-state index contributed by atoms with van der Waals surface area (Å²) < 4.78 is 5.09. The number of alkyl halides is 1. The first-order valence-corrected chi connectivity index (χ1v) is 6.61. The third-order valence-corrected chi connectivity index (χ3v) is 4.12. The SMILES string of the molecule is CC1CCC(CCl)(NC(=O)c2ccco2)CC1. The van der Waals surface area contributed by atoms with Gasteiger partial charge < -0.3 is 9.73 Å². The molecule has 1 amide bonds. The van der Waals surface area contributed by atoms with Crippen molar-refractivity contribution < 1.29 is 9.21 Å². The van der Waals surface area contributed by atoms with Crippen molar-refractivity contribution in [3.05, 3.63) is 24.2 Å². The molecular formula is C13H18ClNO2. The first-order chi connectivity index (χ1) is 8.15. The Labute approximate surface area is 107 Å². The molecule has 0 unspecified atom stereocenters. The van der Waals surface area contributed by atoms with Crippen LogP contribution in [0.15, 0.2) is 22.8 Å². The molecule has 0 saturated heterocycles. The Kier molecular flexibility index (Phi) is 3.77. The van der Waals surface area contributed by atoms with Gasteiger partial charge in [0.15, 0.2) is 5.76 Å². The van der Waals surface area contributed by atoms with Crippen LogP contribution in [-0.4, -0.2) is 17.3 Å². The van der Waals surface area contributed by atoms with Crippen LogP contribution in [0.1, 0.15) is 43.2 Å². The molecule has 0 aliphatic heterocycles. The van der Waals surface area contributed by atoms with E-state index in [4.69, 9.17) is 16.0 Å². The second-order valence-electron chi connectivity index (χ2n) is 5.03. The molecule has 4 heteroatoms. The number of hydrogen-bond donors (Lipinski definition) is 1. The van der Waals surface area contributed by atoms with E-state index in [-0.39, 0.29) is 11.4 Å². The molecule has 0 aromatic carbocycles. The van der Waals surface area contributed by atoms with Crippen LogP contribution in [0.3, 0.4) is 0 Å². The molecule has 0 radical (unpaired) electrons. The number of furan rings is 1. The van der Waals surface area contributed by atoms with Gasteiger partial charge in [-0.3, -0.25) is 4.79 Å². The molecule has 3 nitrogen and oxygen atoms in total. The van der Waals surface area contributed by atoms with Crippen molar-refractivity contribution in [2.75, 3.05) is 5.88 Å². The maximum absolute atomic E-state index is 12.0. The number of carbonyl (C=O) groups is 1.